The maximum Gasteiger partial charge on any atom is 0.254 e. The first kappa shape index (κ1) is 16.3. The molecule has 1 aliphatic rings. The summed E-state index contributed by atoms with van der Waals surface area (Å²) in [6.45, 7) is 7.35. The van der Waals surface area contributed by atoms with Crippen molar-refractivity contribution in [2.75, 3.05) is 39.3 Å². The van der Waals surface area contributed by atoms with Crippen molar-refractivity contribution in [1.29, 1.82) is 0 Å². The van der Waals surface area contributed by atoms with Crippen molar-refractivity contribution in [3.63, 3.8) is 0 Å². The minimum Gasteiger partial charge on any atom is -0.395 e. The van der Waals surface area contributed by atoms with Gasteiger partial charge in [-0.1, -0.05) is 41.9 Å². The number of nitrogens with zero attached hydrogens (tertiary/aromatic N) is 2. The number of aliphatic hydroxyl groups is 1. The summed E-state index contributed by atoms with van der Waals surface area (Å²) in [6, 6.07) is 6.09. The normalized spacial score (nSPS) is 16.0. The highest BCUT2D eigenvalue weighted by Crippen LogP contribution is 2.30. The van der Waals surface area contributed by atoms with Gasteiger partial charge in [0.05, 0.1) is 16.7 Å². The Morgan fingerprint density at radius 3 is 2.62 bits per heavy atom. The van der Waals surface area contributed by atoms with Crippen molar-refractivity contribution >= 4 is 34.7 Å². The van der Waals surface area contributed by atoms with Gasteiger partial charge in [0.1, 0.15) is 0 Å². The van der Waals surface area contributed by atoms with Crippen molar-refractivity contribution < 1.29 is 9.90 Å². The number of amides is 1. The number of halogens is 2. The van der Waals surface area contributed by atoms with Crippen LogP contribution in [0.1, 0.15) is 5.56 Å². The predicted octanol–water partition coefficient (Wildman–Crippen LogP) is 1.94. The second kappa shape index (κ2) is 7.27. The third-order valence-corrected chi connectivity index (χ3v) is 4.34. The summed E-state index contributed by atoms with van der Waals surface area (Å²) in [5, 5.41) is 9.51. The van der Waals surface area contributed by atoms with Gasteiger partial charge < -0.3 is 10.0 Å². The van der Waals surface area contributed by atoms with E-state index in [1.165, 1.54) is 0 Å². The first-order valence-electron chi connectivity index (χ1n) is 6.72. The van der Waals surface area contributed by atoms with E-state index in [4.69, 9.17) is 28.3 Å². The quantitative estimate of drug-likeness (QED) is 0.859. The van der Waals surface area contributed by atoms with Crippen LogP contribution in [0.5, 0.6) is 0 Å². The Labute approximate surface area is 134 Å². The molecule has 1 fully saturated rings. The van der Waals surface area contributed by atoms with Crippen LogP contribution < -0.4 is 0 Å². The zero-order valence-corrected chi connectivity index (χ0v) is 13.1. The molecule has 1 heterocycles. The Balaban J connectivity index is 2.04. The lowest BCUT2D eigenvalue weighted by molar-refractivity contribution is -0.126. The van der Waals surface area contributed by atoms with Crippen LogP contribution in [-0.4, -0.2) is 60.1 Å². The highest BCUT2D eigenvalue weighted by atomic mass is 35.5. The zero-order chi connectivity index (χ0) is 15.4. The maximum absolute atomic E-state index is 12.5. The van der Waals surface area contributed by atoms with Gasteiger partial charge in [-0.2, -0.15) is 0 Å². The van der Waals surface area contributed by atoms with Gasteiger partial charge in [-0.05, 0) is 0 Å². The molecule has 0 aliphatic carbocycles. The Bertz CT molecular complexity index is 540. The van der Waals surface area contributed by atoms with Gasteiger partial charge in [-0.3, -0.25) is 9.69 Å². The second-order valence-electron chi connectivity index (χ2n) is 4.86. The Kier molecular flexibility index (Phi) is 5.65. The Morgan fingerprint density at radius 1 is 1.33 bits per heavy atom. The molecular formula is C15H17Cl2N2O2. The number of aliphatic hydroxyl groups excluding tert-OH is 1. The molecule has 1 aromatic carbocycles. The van der Waals surface area contributed by atoms with Gasteiger partial charge in [0.15, 0.2) is 0 Å². The fraction of sp³-hybridized carbons (Fsp3) is 0.400. The van der Waals surface area contributed by atoms with Crippen molar-refractivity contribution in [3.8, 4) is 0 Å². The monoisotopic (exact) mass is 327 g/mol. The van der Waals surface area contributed by atoms with E-state index >= 15 is 0 Å². The number of rotatable bonds is 4. The van der Waals surface area contributed by atoms with Gasteiger partial charge in [0.25, 0.3) is 5.91 Å². The lowest BCUT2D eigenvalue weighted by Crippen LogP contribution is -2.49. The van der Waals surface area contributed by atoms with Gasteiger partial charge in [-0.15, -0.1) is 0 Å². The lowest BCUT2D eigenvalue weighted by atomic mass is 10.1. The standard InChI is InChI=1S/C15H17Cl2N2O2/c1-11(12-3-2-4-13(16)14(12)17)15(21)19-7-5-18(6-8-19)9-10-20/h2-3,20H,1,5-10H2. The Hall–Kier alpha value is -1.07. The molecule has 0 aromatic heterocycles. The van der Waals surface area contributed by atoms with Crippen LogP contribution in [0.4, 0.5) is 0 Å². The summed E-state index contributed by atoms with van der Waals surface area (Å²) in [6.07, 6.45) is 0. The summed E-state index contributed by atoms with van der Waals surface area (Å²) in [4.78, 5) is 16.3. The molecule has 0 bridgehead atoms. The van der Waals surface area contributed by atoms with Crippen LogP contribution in [0.25, 0.3) is 5.57 Å². The molecule has 1 radical (unpaired) electrons. The number of hydrogen-bond acceptors (Lipinski definition) is 3. The third-order valence-electron chi connectivity index (χ3n) is 3.55. The fourth-order valence-corrected chi connectivity index (χ4v) is 2.70. The highest BCUT2D eigenvalue weighted by molar-refractivity contribution is 6.44. The second-order valence-corrected chi connectivity index (χ2v) is 5.61. The zero-order valence-electron chi connectivity index (χ0n) is 11.6. The van der Waals surface area contributed by atoms with E-state index in [9.17, 15) is 4.79 Å². The Morgan fingerprint density at radius 2 is 2.00 bits per heavy atom. The van der Waals surface area contributed by atoms with E-state index in [0.717, 1.165) is 13.1 Å². The minimum atomic E-state index is -0.136. The highest BCUT2D eigenvalue weighted by Gasteiger charge is 2.24. The molecule has 1 saturated heterocycles. The predicted molar refractivity (Wildman–Crippen MR) is 84.4 cm³/mol. The molecule has 0 spiro atoms. The number of piperazine rings is 1. The summed E-state index contributed by atoms with van der Waals surface area (Å²) in [5.41, 5.74) is 0.884. The van der Waals surface area contributed by atoms with Crippen LogP contribution in [0, 0.1) is 6.07 Å². The van der Waals surface area contributed by atoms with E-state index in [1.807, 2.05) is 0 Å². The van der Waals surface area contributed by atoms with Crippen LogP contribution in [0.15, 0.2) is 18.7 Å². The average Bonchev–Trinajstić information content (AvgIpc) is 2.50. The number of carbonyl (C=O) groups is 1. The van der Waals surface area contributed by atoms with E-state index in [-0.39, 0.29) is 17.5 Å². The molecule has 0 atom stereocenters. The molecule has 1 aliphatic heterocycles. The molecule has 1 aromatic rings. The van der Waals surface area contributed by atoms with Crippen molar-refractivity contribution in [2.24, 2.45) is 0 Å². The summed E-state index contributed by atoms with van der Waals surface area (Å²) < 4.78 is 0. The topological polar surface area (TPSA) is 43.8 Å². The van der Waals surface area contributed by atoms with E-state index in [1.54, 1.807) is 17.0 Å². The molecule has 6 heteroatoms. The van der Waals surface area contributed by atoms with Crippen LogP contribution >= 0.6 is 23.2 Å². The van der Waals surface area contributed by atoms with Gasteiger partial charge in [-0.25, -0.2) is 0 Å². The number of carbonyl (C=O) groups excluding carboxylic acids is 1. The van der Waals surface area contributed by atoms with Gasteiger partial charge in [0, 0.05) is 49.9 Å². The minimum absolute atomic E-state index is 0.134. The fourth-order valence-electron chi connectivity index (χ4n) is 2.31. The van der Waals surface area contributed by atoms with Crippen molar-refractivity contribution in [1.82, 2.24) is 9.80 Å². The number of benzene rings is 1. The smallest absolute Gasteiger partial charge is 0.254 e. The number of β-amino-alcohol motifs (C(OH)–C–C–N with tert-alkyl or cyclic N) is 1. The van der Waals surface area contributed by atoms with Gasteiger partial charge >= 0.3 is 0 Å². The molecule has 1 N–H and O–H groups in total. The largest absolute Gasteiger partial charge is 0.395 e. The molecule has 113 valence electrons. The molecule has 1 amide bonds. The molecule has 0 unspecified atom stereocenters. The molecule has 21 heavy (non-hydrogen) atoms. The molecular weight excluding hydrogens is 311 g/mol. The maximum atomic E-state index is 12.5. The first-order chi connectivity index (χ1) is 10.0. The SMILES string of the molecule is C=C(C(=O)N1CCN(CCO)CC1)c1cc[c]c(Cl)c1Cl. The van der Waals surface area contributed by atoms with E-state index in [0.29, 0.717) is 35.8 Å². The third kappa shape index (κ3) is 3.77. The average molecular weight is 328 g/mol. The van der Waals surface area contributed by atoms with Crippen molar-refractivity contribution in [3.05, 3.63) is 40.4 Å². The first-order valence-corrected chi connectivity index (χ1v) is 7.47. The van der Waals surface area contributed by atoms with E-state index < -0.39 is 0 Å². The van der Waals surface area contributed by atoms with Crippen LogP contribution in [-0.2, 0) is 4.79 Å². The molecule has 0 saturated carbocycles. The molecule has 2 rings (SSSR count). The summed E-state index contributed by atoms with van der Waals surface area (Å²) >= 11 is 12.0. The van der Waals surface area contributed by atoms with Crippen molar-refractivity contribution in [2.45, 2.75) is 0 Å². The van der Waals surface area contributed by atoms with Gasteiger partial charge in [0.2, 0.25) is 0 Å². The van der Waals surface area contributed by atoms with E-state index in [2.05, 4.69) is 17.5 Å². The van der Waals surface area contributed by atoms with Crippen LogP contribution in [0.3, 0.4) is 0 Å². The summed E-state index contributed by atoms with van der Waals surface area (Å²) in [5.74, 6) is -0.136. The lowest BCUT2D eigenvalue weighted by Gasteiger charge is -2.34. The molecule has 4 nitrogen and oxygen atoms in total. The number of hydrogen-bond donors (Lipinski definition) is 1. The van der Waals surface area contributed by atoms with Crippen LogP contribution in [0.2, 0.25) is 10.0 Å². The summed E-state index contributed by atoms with van der Waals surface area (Å²) in [7, 11) is 0.